The van der Waals surface area contributed by atoms with Crippen LogP contribution in [0.15, 0.2) is 5.38 Å². The third-order valence-corrected chi connectivity index (χ3v) is 5.87. The molecule has 1 fully saturated rings. The number of fused-ring (bicyclic) bond motifs is 1. The second-order valence-corrected chi connectivity index (χ2v) is 7.30. The van der Waals surface area contributed by atoms with Crippen LogP contribution in [0.5, 0.6) is 0 Å². The van der Waals surface area contributed by atoms with Gasteiger partial charge in [0.05, 0.1) is 11.5 Å². The number of rotatable bonds is 2. The maximum absolute atomic E-state index is 12.8. The number of carbonyl (C=O) groups excluding carboxylic acids is 1. The second kappa shape index (κ2) is 6.22. The van der Waals surface area contributed by atoms with Gasteiger partial charge in [-0.25, -0.2) is 0 Å². The molecule has 3 rings (SSSR count). The molecule has 122 valence electrons. The highest BCUT2D eigenvalue weighted by Gasteiger charge is 2.42. The number of hydrogen-bond donors (Lipinski definition) is 1. The number of hydrogen-bond acceptors (Lipinski definition) is 2. The molecule has 2 aliphatic carbocycles. The number of thiophene rings is 1. The number of amides is 1. The lowest BCUT2D eigenvalue weighted by molar-refractivity contribution is -0.183. The van der Waals surface area contributed by atoms with Crippen LogP contribution in [0.25, 0.3) is 0 Å². The van der Waals surface area contributed by atoms with E-state index in [0.29, 0.717) is 18.4 Å². The fourth-order valence-electron chi connectivity index (χ4n) is 3.57. The van der Waals surface area contributed by atoms with Crippen molar-refractivity contribution in [3.8, 4) is 0 Å². The Balaban J connectivity index is 1.65. The van der Waals surface area contributed by atoms with Crippen molar-refractivity contribution in [1.82, 2.24) is 5.32 Å². The highest BCUT2D eigenvalue weighted by molar-refractivity contribution is 7.10. The van der Waals surface area contributed by atoms with Gasteiger partial charge in [-0.05, 0) is 50.5 Å². The van der Waals surface area contributed by atoms with Crippen molar-refractivity contribution >= 4 is 17.2 Å². The molecule has 1 amide bonds. The quantitative estimate of drug-likeness (QED) is 0.851. The van der Waals surface area contributed by atoms with Crippen LogP contribution in [0.3, 0.4) is 0 Å². The maximum Gasteiger partial charge on any atom is 0.391 e. The summed E-state index contributed by atoms with van der Waals surface area (Å²) >= 11 is 1.61. The number of nitrogens with one attached hydrogen (secondary N) is 1. The minimum Gasteiger partial charge on any atom is -0.349 e. The Morgan fingerprint density at radius 2 is 1.95 bits per heavy atom. The van der Waals surface area contributed by atoms with E-state index in [9.17, 15) is 18.0 Å². The molecule has 1 N–H and O–H groups in total. The van der Waals surface area contributed by atoms with E-state index in [1.54, 1.807) is 11.3 Å². The van der Waals surface area contributed by atoms with E-state index < -0.39 is 12.1 Å². The molecule has 6 heteroatoms. The van der Waals surface area contributed by atoms with Crippen LogP contribution in [-0.2, 0) is 12.8 Å². The molecule has 0 unspecified atom stereocenters. The van der Waals surface area contributed by atoms with Gasteiger partial charge in [0, 0.05) is 16.3 Å². The Morgan fingerprint density at radius 1 is 1.18 bits per heavy atom. The van der Waals surface area contributed by atoms with Gasteiger partial charge in [-0.15, -0.1) is 11.3 Å². The molecule has 1 heterocycles. The highest BCUT2D eigenvalue weighted by atomic mass is 32.1. The standard InChI is InChI=1S/C16H20F3NOS/c17-16(18,19)10-4-3-5-11(8-10)20-15(21)13-9-22-14-7-2-1-6-12(13)14/h9-11H,1-8H2,(H,20,21)/t10-,11-/m0/s1. The number of halogens is 3. The van der Waals surface area contributed by atoms with Crippen molar-refractivity contribution in [3.05, 3.63) is 21.4 Å². The molecule has 2 nitrogen and oxygen atoms in total. The summed E-state index contributed by atoms with van der Waals surface area (Å²) in [5.74, 6) is -1.46. The lowest BCUT2D eigenvalue weighted by Gasteiger charge is -2.31. The normalized spacial score (nSPS) is 25.6. The van der Waals surface area contributed by atoms with Gasteiger partial charge >= 0.3 is 6.18 Å². The van der Waals surface area contributed by atoms with E-state index in [1.807, 2.05) is 5.38 Å². The summed E-state index contributed by atoms with van der Waals surface area (Å²) in [6.45, 7) is 0. The van der Waals surface area contributed by atoms with E-state index in [4.69, 9.17) is 0 Å². The average Bonchev–Trinajstić information content (AvgIpc) is 2.90. The van der Waals surface area contributed by atoms with Crippen LogP contribution in [0, 0.1) is 5.92 Å². The fourth-order valence-corrected chi connectivity index (χ4v) is 4.69. The van der Waals surface area contributed by atoms with Crippen molar-refractivity contribution < 1.29 is 18.0 Å². The first-order valence-electron chi connectivity index (χ1n) is 7.92. The van der Waals surface area contributed by atoms with Crippen LogP contribution >= 0.6 is 11.3 Å². The zero-order valence-corrected chi connectivity index (χ0v) is 13.2. The van der Waals surface area contributed by atoms with E-state index in [0.717, 1.165) is 31.2 Å². The van der Waals surface area contributed by atoms with E-state index in [1.165, 1.54) is 4.88 Å². The van der Waals surface area contributed by atoms with E-state index in [2.05, 4.69) is 5.32 Å². The summed E-state index contributed by atoms with van der Waals surface area (Å²) < 4.78 is 38.5. The summed E-state index contributed by atoms with van der Waals surface area (Å²) in [4.78, 5) is 13.7. The van der Waals surface area contributed by atoms with Crippen LogP contribution < -0.4 is 5.32 Å². The number of carbonyl (C=O) groups is 1. The Hall–Kier alpha value is -1.04. The third-order valence-electron chi connectivity index (χ3n) is 4.78. The molecule has 2 aliphatic rings. The zero-order chi connectivity index (χ0) is 15.7. The first-order chi connectivity index (χ1) is 10.4. The Morgan fingerprint density at radius 3 is 2.73 bits per heavy atom. The van der Waals surface area contributed by atoms with Crippen LogP contribution in [0.2, 0.25) is 0 Å². The van der Waals surface area contributed by atoms with Crippen molar-refractivity contribution in [1.29, 1.82) is 0 Å². The third kappa shape index (κ3) is 3.31. The Kier molecular flexibility index (Phi) is 4.48. The summed E-state index contributed by atoms with van der Waals surface area (Å²) in [6.07, 6.45) is 1.40. The van der Waals surface area contributed by atoms with Crippen molar-refractivity contribution in [2.24, 2.45) is 5.92 Å². The molecule has 0 bridgehead atoms. The predicted molar refractivity (Wildman–Crippen MR) is 80.2 cm³/mol. The van der Waals surface area contributed by atoms with E-state index in [-0.39, 0.29) is 24.8 Å². The minimum atomic E-state index is -4.15. The Bertz CT molecular complexity index is 552. The van der Waals surface area contributed by atoms with E-state index >= 15 is 0 Å². The summed E-state index contributed by atoms with van der Waals surface area (Å²) in [6, 6.07) is -0.355. The first kappa shape index (κ1) is 15.8. The molecule has 0 spiro atoms. The molecule has 1 aromatic rings. The van der Waals surface area contributed by atoms with Crippen LogP contribution in [-0.4, -0.2) is 18.1 Å². The van der Waals surface area contributed by atoms with Crippen molar-refractivity contribution in [3.63, 3.8) is 0 Å². The largest absolute Gasteiger partial charge is 0.391 e. The fraction of sp³-hybridized carbons (Fsp3) is 0.688. The smallest absolute Gasteiger partial charge is 0.349 e. The van der Waals surface area contributed by atoms with Gasteiger partial charge in [-0.3, -0.25) is 4.79 Å². The van der Waals surface area contributed by atoms with Crippen molar-refractivity contribution in [2.45, 2.75) is 63.6 Å². The Labute approximate surface area is 132 Å². The average molecular weight is 331 g/mol. The van der Waals surface area contributed by atoms with Gasteiger partial charge in [0.15, 0.2) is 0 Å². The first-order valence-corrected chi connectivity index (χ1v) is 8.80. The molecule has 0 aromatic carbocycles. The minimum absolute atomic E-state index is 0.0154. The molecule has 0 radical (unpaired) electrons. The molecule has 1 saturated carbocycles. The van der Waals surface area contributed by atoms with Gasteiger partial charge in [0.2, 0.25) is 0 Å². The van der Waals surface area contributed by atoms with Gasteiger partial charge in [-0.1, -0.05) is 6.42 Å². The SMILES string of the molecule is O=C(N[C@H]1CCC[C@H](C(F)(F)F)C1)c1csc2c1CCCC2. The molecule has 1 aromatic heterocycles. The second-order valence-electron chi connectivity index (χ2n) is 6.33. The summed E-state index contributed by atoms with van der Waals surface area (Å²) in [7, 11) is 0. The van der Waals surface area contributed by atoms with Gasteiger partial charge < -0.3 is 5.32 Å². The molecular weight excluding hydrogens is 311 g/mol. The topological polar surface area (TPSA) is 29.1 Å². The van der Waals surface area contributed by atoms with Crippen LogP contribution in [0.4, 0.5) is 13.2 Å². The summed E-state index contributed by atoms with van der Waals surface area (Å²) in [5.41, 5.74) is 1.81. The molecule has 2 atom stereocenters. The summed E-state index contributed by atoms with van der Waals surface area (Å²) in [5, 5.41) is 4.71. The highest BCUT2D eigenvalue weighted by Crippen LogP contribution is 2.38. The maximum atomic E-state index is 12.8. The van der Waals surface area contributed by atoms with Gasteiger partial charge in [0.1, 0.15) is 0 Å². The zero-order valence-electron chi connectivity index (χ0n) is 12.3. The lowest BCUT2D eigenvalue weighted by atomic mass is 9.85. The number of aryl methyl sites for hydroxylation is 1. The van der Waals surface area contributed by atoms with Gasteiger partial charge in [-0.2, -0.15) is 13.2 Å². The monoisotopic (exact) mass is 331 g/mol. The molecule has 22 heavy (non-hydrogen) atoms. The predicted octanol–water partition coefficient (Wildman–Crippen LogP) is 4.48. The molecule has 0 aliphatic heterocycles. The lowest BCUT2D eigenvalue weighted by Crippen LogP contribution is -2.41. The van der Waals surface area contributed by atoms with Gasteiger partial charge in [0.25, 0.3) is 5.91 Å². The van der Waals surface area contributed by atoms with Crippen molar-refractivity contribution in [2.75, 3.05) is 0 Å². The number of alkyl halides is 3. The van der Waals surface area contributed by atoms with Crippen LogP contribution in [0.1, 0.15) is 59.3 Å². The molecular formula is C16H20F3NOS. The molecule has 0 saturated heterocycles.